The number of carbonyl (C=O) groups excluding carboxylic acids is 1. The van der Waals surface area contributed by atoms with E-state index in [0.29, 0.717) is 0 Å². The van der Waals surface area contributed by atoms with Crippen molar-refractivity contribution < 1.29 is 4.79 Å². The Morgan fingerprint density at radius 1 is 1.53 bits per heavy atom. The SMILES string of the molecule is CCN(CC)C(=O)C(C)Nc1cn(C)nc1C. The van der Waals surface area contributed by atoms with Gasteiger partial charge < -0.3 is 10.2 Å². The van der Waals surface area contributed by atoms with Gasteiger partial charge in [-0.2, -0.15) is 5.10 Å². The quantitative estimate of drug-likeness (QED) is 0.843. The molecule has 0 aliphatic heterocycles. The number of aryl methyl sites for hydroxylation is 2. The third-order valence-corrected chi connectivity index (χ3v) is 2.83. The van der Waals surface area contributed by atoms with Gasteiger partial charge in [0.15, 0.2) is 0 Å². The Morgan fingerprint density at radius 2 is 2.12 bits per heavy atom. The van der Waals surface area contributed by atoms with E-state index < -0.39 is 0 Å². The van der Waals surface area contributed by atoms with E-state index in [-0.39, 0.29) is 11.9 Å². The summed E-state index contributed by atoms with van der Waals surface area (Å²) in [4.78, 5) is 13.9. The molecule has 5 nitrogen and oxygen atoms in total. The Morgan fingerprint density at radius 3 is 2.53 bits per heavy atom. The molecule has 0 saturated heterocycles. The van der Waals surface area contributed by atoms with Crippen LogP contribution in [0.2, 0.25) is 0 Å². The maximum atomic E-state index is 12.1. The van der Waals surface area contributed by atoms with Crippen LogP contribution in [0.25, 0.3) is 0 Å². The largest absolute Gasteiger partial charge is 0.371 e. The molecule has 5 heteroatoms. The van der Waals surface area contributed by atoms with Gasteiger partial charge in [0.05, 0.1) is 11.4 Å². The minimum Gasteiger partial charge on any atom is -0.371 e. The number of nitrogens with one attached hydrogen (secondary N) is 1. The molecular formula is C12H22N4O. The van der Waals surface area contributed by atoms with Crippen molar-refractivity contribution in [2.24, 2.45) is 7.05 Å². The Hall–Kier alpha value is -1.52. The normalized spacial score (nSPS) is 12.3. The second-order valence-electron chi connectivity index (χ2n) is 4.18. The molecule has 1 amide bonds. The molecule has 1 aromatic heterocycles. The maximum absolute atomic E-state index is 12.1. The van der Waals surface area contributed by atoms with Crippen LogP contribution in [-0.2, 0) is 11.8 Å². The van der Waals surface area contributed by atoms with Crippen molar-refractivity contribution in [3.63, 3.8) is 0 Å². The summed E-state index contributed by atoms with van der Waals surface area (Å²) in [6, 6.07) is -0.224. The number of anilines is 1. The topological polar surface area (TPSA) is 50.2 Å². The van der Waals surface area contributed by atoms with E-state index in [0.717, 1.165) is 24.5 Å². The van der Waals surface area contributed by atoms with Crippen LogP contribution in [0.5, 0.6) is 0 Å². The van der Waals surface area contributed by atoms with Crippen molar-refractivity contribution in [2.45, 2.75) is 33.7 Å². The second-order valence-corrected chi connectivity index (χ2v) is 4.18. The molecule has 0 radical (unpaired) electrons. The third kappa shape index (κ3) is 3.22. The number of carbonyl (C=O) groups is 1. The predicted octanol–water partition coefficient (Wildman–Crippen LogP) is 1.40. The van der Waals surface area contributed by atoms with E-state index in [4.69, 9.17) is 0 Å². The van der Waals surface area contributed by atoms with Gasteiger partial charge in [0.2, 0.25) is 5.91 Å². The molecule has 1 heterocycles. The van der Waals surface area contributed by atoms with Crippen molar-refractivity contribution in [1.29, 1.82) is 0 Å². The van der Waals surface area contributed by atoms with Crippen LogP contribution in [0, 0.1) is 6.92 Å². The summed E-state index contributed by atoms with van der Waals surface area (Å²) in [5.74, 6) is 0.123. The van der Waals surface area contributed by atoms with Crippen LogP contribution in [0.4, 0.5) is 5.69 Å². The zero-order valence-electron chi connectivity index (χ0n) is 11.3. The fraction of sp³-hybridized carbons (Fsp3) is 0.667. The van der Waals surface area contributed by atoms with E-state index in [1.165, 1.54) is 0 Å². The fourth-order valence-corrected chi connectivity index (χ4v) is 1.85. The van der Waals surface area contributed by atoms with E-state index in [1.807, 2.05) is 45.8 Å². The first-order valence-electron chi connectivity index (χ1n) is 6.05. The van der Waals surface area contributed by atoms with Crippen LogP contribution >= 0.6 is 0 Å². The fourth-order valence-electron chi connectivity index (χ4n) is 1.85. The molecule has 0 bridgehead atoms. The lowest BCUT2D eigenvalue weighted by Crippen LogP contribution is -2.41. The maximum Gasteiger partial charge on any atom is 0.244 e. The van der Waals surface area contributed by atoms with Crippen LogP contribution in [-0.4, -0.2) is 39.7 Å². The molecule has 0 saturated carbocycles. The number of nitrogens with zero attached hydrogens (tertiary/aromatic N) is 3. The van der Waals surface area contributed by atoms with Crippen LogP contribution in [0.15, 0.2) is 6.20 Å². The minimum absolute atomic E-state index is 0.123. The summed E-state index contributed by atoms with van der Waals surface area (Å²) in [6.07, 6.45) is 1.89. The first-order chi connectivity index (χ1) is 7.99. The lowest BCUT2D eigenvalue weighted by atomic mass is 10.2. The zero-order chi connectivity index (χ0) is 13.0. The Balaban J connectivity index is 2.68. The summed E-state index contributed by atoms with van der Waals surface area (Å²) in [5, 5.41) is 7.44. The average Bonchev–Trinajstić information content (AvgIpc) is 2.59. The molecule has 96 valence electrons. The van der Waals surface area contributed by atoms with Crippen molar-refractivity contribution in [3.8, 4) is 0 Å². The van der Waals surface area contributed by atoms with Gasteiger partial charge in [0.25, 0.3) is 0 Å². The highest BCUT2D eigenvalue weighted by molar-refractivity contribution is 5.84. The van der Waals surface area contributed by atoms with Crippen LogP contribution < -0.4 is 5.32 Å². The first kappa shape index (κ1) is 13.5. The molecule has 1 N–H and O–H groups in total. The highest BCUT2D eigenvalue weighted by atomic mass is 16.2. The Bertz CT molecular complexity index is 382. The van der Waals surface area contributed by atoms with E-state index in [2.05, 4.69) is 10.4 Å². The molecular weight excluding hydrogens is 216 g/mol. The zero-order valence-corrected chi connectivity index (χ0v) is 11.3. The number of hydrogen-bond donors (Lipinski definition) is 1. The van der Waals surface area contributed by atoms with Gasteiger partial charge >= 0.3 is 0 Å². The average molecular weight is 238 g/mol. The summed E-state index contributed by atoms with van der Waals surface area (Å²) in [6.45, 7) is 9.28. The van der Waals surface area contributed by atoms with Crippen LogP contribution in [0.3, 0.4) is 0 Å². The van der Waals surface area contributed by atoms with E-state index >= 15 is 0 Å². The molecule has 0 aliphatic rings. The van der Waals surface area contributed by atoms with Crippen molar-refractivity contribution in [3.05, 3.63) is 11.9 Å². The molecule has 1 atom stereocenters. The van der Waals surface area contributed by atoms with Gasteiger partial charge in [-0.25, -0.2) is 0 Å². The Kier molecular flexibility index (Phi) is 4.54. The second kappa shape index (κ2) is 5.70. The number of rotatable bonds is 5. The predicted molar refractivity (Wildman–Crippen MR) is 69.0 cm³/mol. The Labute approximate surface area is 103 Å². The smallest absolute Gasteiger partial charge is 0.244 e. The van der Waals surface area contributed by atoms with E-state index in [1.54, 1.807) is 4.68 Å². The van der Waals surface area contributed by atoms with Crippen molar-refractivity contribution in [1.82, 2.24) is 14.7 Å². The molecule has 0 fully saturated rings. The van der Waals surface area contributed by atoms with Gasteiger partial charge in [0.1, 0.15) is 6.04 Å². The van der Waals surface area contributed by atoms with Crippen molar-refractivity contribution in [2.75, 3.05) is 18.4 Å². The molecule has 17 heavy (non-hydrogen) atoms. The summed E-state index contributed by atoms with van der Waals surface area (Å²) in [5.41, 5.74) is 1.83. The molecule has 0 aromatic carbocycles. The van der Waals surface area contributed by atoms with Gasteiger partial charge in [0, 0.05) is 26.3 Å². The minimum atomic E-state index is -0.224. The van der Waals surface area contributed by atoms with Gasteiger partial charge in [-0.05, 0) is 27.7 Å². The molecule has 0 spiro atoms. The summed E-state index contributed by atoms with van der Waals surface area (Å²) in [7, 11) is 1.87. The lowest BCUT2D eigenvalue weighted by molar-refractivity contribution is -0.131. The van der Waals surface area contributed by atoms with E-state index in [9.17, 15) is 4.79 Å². The molecule has 1 rings (SSSR count). The monoisotopic (exact) mass is 238 g/mol. The third-order valence-electron chi connectivity index (χ3n) is 2.83. The molecule has 1 aromatic rings. The standard InChI is InChI=1S/C12H22N4O/c1-6-16(7-2)12(17)10(4)13-11-8-15(5)14-9(11)3/h8,10,13H,6-7H2,1-5H3. The highest BCUT2D eigenvalue weighted by Gasteiger charge is 2.18. The molecule has 0 aliphatic carbocycles. The summed E-state index contributed by atoms with van der Waals surface area (Å²) >= 11 is 0. The highest BCUT2D eigenvalue weighted by Crippen LogP contribution is 2.13. The van der Waals surface area contributed by atoms with Crippen molar-refractivity contribution >= 4 is 11.6 Å². The number of amides is 1. The first-order valence-corrected chi connectivity index (χ1v) is 6.05. The van der Waals surface area contributed by atoms with Gasteiger partial charge in [-0.15, -0.1) is 0 Å². The lowest BCUT2D eigenvalue weighted by Gasteiger charge is -2.23. The van der Waals surface area contributed by atoms with Crippen LogP contribution in [0.1, 0.15) is 26.5 Å². The molecule has 1 unspecified atom stereocenters. The number of hydrogen-bond acceptors (Lipinski definition) is 3. The summed E-state index contributed by atoms with van der Waals surface area (Å²) < 4.78 is 1.74. The van der Waals surface area contributed by atoms with Gasteiger partial charge in [-0.1, -0.05) is 0 Å². The van der Waals surface area contributed by atoms with Gasteiger partial charge in [-0.3, -0.25) is 9.48 Å². The number of likely N-dealkylation sites (N-methyl/N-ethyl adjacent to an activating group) is 1. The number of aromatic nitrogens is 2.